The van der Waals surface area contributed by atoms with E-state index in [1.807, 2.05) is 25.3 Å². The number of piperidine rings is 1. The smallest absolute Gasteiger partial charge is 0.115 e. The zero-order chi connectivity index (χ0) is 22.8. The molecule has 2 saturated heterocycles. The first kappa shape index (κ1) is 21.6. The lowest BCUT2D eigenvalue weighted by atomic mass is 9.52. The summed E-state index contributed by atoms with van der Waals surface area (Å²) >= 11 is 0. The first-order chi connectivity index (χ1) is 15.9. The Bertz CT molecular complexity index is 1040. The number of phenolic OH excluding ortho intramolecular Hbond substituents is 1. The van der Waals surface area contributed by atoms with Crippen molar-refractivity contribution in [1.29, 1.82) is 0 Å². The second kappa shape index (κ2) is 7.79. The molecule has 2 N–H and O–H groups in total. The first-order valence-electron chi connectivity index (χ1n) is 12.8. The maximum Gasteiger partial charge on any atom is 0.115 e. The number of aromatic hydroxyl groups is 1. The molecular weight excluding hydrogens is 414 g/mol. The van der Waals surface area contributed by atoms with Gasteiger partial charge in [-0.25, -0.2) is 0 Å². The SMILES string of the molecule is Cc1cnn(C[C@@H](C)N2CC[C@]34CCN(CC5CC5)[C@H](Cc5ccc(O)cc53)[C@]4(O)CC2)n1. The fourth-order valence-electron chi connectivity index (χ4n) is 7.15. The van der Waals surface area contributed by atoms with E-state index >= 15 is 0 Å². The van der Waals surface area contributed by atoms with Gasteiger partial charge < -0.3 is 10.2 Å². The second-order valence-corrected chi connectivity index (χ2v) is 11.2. The number of hydrogen-bond donors (Lipinski definition) is 2. The van der Waals surface area contributed by atoms with Crippen LogP contribution in [-0.2, 0) is 18.4 Å². The number of phenols is 1. The topological polar surface area (TPSA) is 77.7 Å². The number of benzene rings is 1. The van der Waals surface area contributed by atoms with E-state index in [0.717, 1.165) is 70.0 Å². The van der Waals surface area contributed by atoms with Gasteiger partial charge in [0.1, 0.15) is 5.75 Å². The fraction of sp³-hybridized carbons (Fsp3) is 0.692. The minimum absolute atomic E-state index is 0.162. The fourth-order valence-corrected chi connectivity index (χ4v) is 7.15. The van der Waals surface area contributed by atoms with Gasteiger partial charge in [-0.2, -0.15) is 15.0 Å². The van der Waals surface area contributed by atoms with Crippen molar-refractivity contribution >= 4 is 0 Å². The van der Waals surface area contributed by atoms with Crippen LogP contribution in [0, 0.1) is 12.8 Å². The predicted octanol–water partition coefficient (Wildman–Crippen LogP) is 2.49. The van der Waals surface area contributed by atoms with Crippen molar-refractivity contribution in [2.24, 2.45) is 5.92 Å². The van der Waals surface area contributed by atoms with E-state index in [2.05, 4.69) is 33.0 Å². The molecule has 1 aromatic heterocycles. The molecule has 7 nitrogen and oxygen atoms in total. The Morgan fingerprint density at radius 3 is 2.70 bits per heavy atom. The van der Waals surface area contributed by atoms with Crippen molar-refractivity contribution in [1.82, 2.24) is 24.8 Å². The molecule has 6 rings (SSSR count). The lowest BCUT2D eigenvalue weighted by molar-refractivity contribution is -0.149. The van der Waals surface area contributed by atoms with E-state index in [-0.39, 0.29) is 11.5 Å². The highest BCUT2D eigenvalue weighted by Crippen LogP contribution is 2.56. The average Bonchev–Trinajstić information content (AvgIpc) is 3.53. The molecule has 3 fully saturated rings. The van der Waals surface area contributed by atoms with Crippen LogP contribution in [0.3, 0.4) is 0 Å². The van der Waals surface area contributed by atoms with Crippen molar-refractivity contribution in [2.45, 2.75) is 82.0 Å². The van der Waals surface area contributed by atoms with Crippen LogP contribution in [0.1, 0.15) is 55.8 Å². The van der Waals surface area contributed by atoms with Crippen LogP contribution in [0.4, 0.5) is 0 Å². The number of nitrogens with zero attached hydrogens (tertiary/aromatic N) is 5. The van der Waals surface area contributed by atoms with Crippen molar-refractivity contribution in [2.75, 3.05) is 26.2 Å². The molecule has 2 aromatic rings. The summed E-state index contributed by atoms with van der Waals surface area (Å²) in [6.45, 7) is 8.97. The molecule has 1 saturated carbocycles. The summed E-state index contributed by atoms with van der Waals surface area (Å²) in [5.74, 6) is 1.13. The van der Waals surface area contributed by atoms with Crippen LogP contribution < -0.4 is 0 Å². The van der Waals surface area contributed by atoms with Gasteiger partial charge in [0.25, 0.3) is 0 Å². The number of likely N-dealkylation sites (tertiary alicyclic amines) is 2. The number of aliphatic hydroxyl groups is 1. The molecule has 0 unspecified atom stereocenters. The van der Waals surface area contributed by atoms with Crippen LogP contribution in [0.25, 0.3) is 0 Å². The number of hydrogen-bond acceptors (Lipinski definition) is 6. The molecular formula is C26H37N5O2. The van der Waals surface area contributed by atoms with Gasteiger partial charge in [-0.05, 0) is 94.6 Å². The van der Waals surface area contributed by atoms with E-state index in [4.69, 9.17) is 0 Å². The van der Waals surface area contributed by atoms with Gasteiger partial charge in [0, 0.05) is 30.6 Å². The highest BCUT2D eigenvalue weighted by molar-refractivity contribution is 5.48. The van der Waals surface area contributed by atoms with Crippen LogP contribution in [-0.4, -0.2) is 78.9 Å². The Balaban J connectivity index is 1.33. The Kier molecular flexibility index (Phi) is 5.09. The normalized spacial score (nSPS) is 33.2. The quantitative estimate of drug-likeness (QED) is 0.727. The second-order valence-electron chi connectivity index (χ2n) is 11.2. The van der Waals surface area contributed by atoms with Crippen LogP contribution in [0.2, 0.25) is 0 Å². The van der Waals surface area contributed by atoms with Gasteiger partial charge in [0.15, 0.2) is 0 Å². The molecule has 0 amide bonds. The van der Waals surface area contributed by atoms with E-state index in [0.29, 0.717) is 11.8 Å². The maximum atomic E-state index is 12.6. The van der Waals surface area contributed by atoms with Gasteiger partial charge in [-0.3, -0.25) is 9.80 Å². The maximum absolute atomic E-state index is 12.6. The highest BCUT2D eigenvalue weighted by Gasteiger charge is 2.63. The Hall–Kier alpha value is -1.96. The van der Waals surface area contributed by atoms with Crippen molar-refractivity contribution in [3.05, 3.63) is 41.2 Å². The highest BCUT2D eigenvalue weighted by atomic mass is 16.3. The van der Waals surface area contributed by atoms with Crippen molar-refractivity contribution < 1.29 is 10.2 Å². The van der Waals surface area contributed by atoms with E-state index in [1.165, 1.54) is 24.0 Å². The van der Waals surface area contributed by atoms with Crippen LogP contribution >= 0.6 is 0 Å². The third-order valence-corrected chi connectivity index (χ3v) is 9.17. The van der Waals surface area contributed by atoms with E-state index in [9.17, 15) is 10.2 Å². The lowest BCUT2D eigenvalue weighted by Crippen LogP contribution is -2.71. The molecule has 0 radical (unpaired) electrons. The Labute approximate surface area is 196 Å². The molecule has 178 valence electrons. The summed E-state index contributed by atoms with van der Waals surface area (Å²) in [6.07, 6.45) is 8.02. The molecule has 2 aliphatic heterocycles. The molecule has 7 heteroatoms. The molecule has 4 aliphatic rings. The molecule has 2 bridgehead atoms. The monoisotopic (exact) mass is 451 g/mol. The summed E-state index contributed by atoms with van der Waals surface area (Å²) in [6, 6.07) is 6.35. The summed E-state index contributed by atoms with van der Waals surface area (Å²) in [5, 5.41) is 31.9. The average molecular weight is 452 g/mol. The van der Waals surface area contributed by atoms with Crippen molar-refractivity contribution in [3.8, 4) is 5.75 Å². The standard InChI is InChI=1S/C26H37N5O2/c1-18-15-27-31(28-18)16-19(2)29-10-7-25-8-11-30(17-20-3-4-20)24(26(25,33)9-12-29)13-21-5-6-22(32)14-23(21)25/h5-6,14-15,19-20,24,32-33H,3-4,7-13,16-17H2,1-2H3/t19-,24-,25+,26-/m1/s1. The van der Waals surface area contributed by atoms with Gasteiger partial charge in [-0.1, -0.05) is 6.07 Å². The predicted molar refractivity (Wildman–Crippen MR) is 126 cm³/mol. The van der Waals surface area contributed by atoms with Gasteiger partial charge in [0.05, 0.1) is 24.0 Å². The summed E-state index contributed by atoms with van der Waals surface area (Å²) < 4.78 is 0. The van der Waals surface area contributed by atoms with Gasteiger partial charge >= 0.3 is 0 Å². The summed E-state index contributed by atoms with van der Waals surface area (Å²) in [7, 11) is 0. The van der Waals surface area contributed by atoms with E-state index in [1.54, 1.807) is 4.80 Å². The molecule has 1 aromatic carbocycles. The molecule has 0 spiro atoms. The summed E-state index contributed by atoms with van der Waals surface area (Å²) in [5.41, 5.74) is 2.40. The zero-order valence-corrected chi connectivity index (χ0v) is 20.0. The number of rotatable bonds is 5. The van der Waals surface area contributed by atoms with Gasteiger partial charge in [0.2, 0.25) is 0 Å². The minimum atomic E-state index is -0.768. The largest absolute Gasteiger partial charge is 0.508 e. The minimum Gasteiger partial charge on any atom is -0.508 e. The first-order valence-corrected chi connectivity index (χ1v) is 12.8. The third-order valence-electron chi connectivity index (χ3n) is 9.17. The number of aromatic nitrogens is 3. The van der Waals surface area contributed by atoms with Gasteiger partial charge in [-0.15, -0.1) is 0 Å². The molecule has 3 heterocycles. The number of fused-ring (bicyclic) bond motifs is 1. The van der Waals surface area contributed by atoms with Crippen LogP contribution in [0.15, 0.2) is 24.4 Å². The molecule has 4 atom stereocenters. The zero-order valence-electron chi connectivity index (χ0n) is 20.0. The molecule has 33 heavy (non-hydrogen) atoms. The van der Waals surface area contributed by atoms with Crippen LogP contribution in [0.5, 0.6) is 5.75 Å². The molecule has 2 aliphatic carbocycles. The summed E-state index contributed by atoms with van der Waals surface area (Å²) in [4.78, 5) is 6.93. The van der Waals surface area contributed by atoms with Crippen molar-refractivity contribution in [3.63, 3.8) is 0 Å². The third kappa shape index (κ3) is 3.51. The number of aryl methyl sites for hydroxylation is 1. The van der Waals surface area contributed by atoms with E-state index < -0.39 is 5.60 Å². The Morgan fingerprint density at radius 2 is 1.94 bits per heavy atom. The lowest BCUT2D eigenvalue weighted by Gasteiger charge is -2.61. The Morgan fingerprint density at radius 1 is 1.15 bits per heavy atom.